The Morgan fingerprint density at radius 1 is 0.812 bits per heavy atom. The highest BCUT2D eigenvalue weighted by Crippen LogP contribution is 2.28. The highest BCUT2D eigenvalue weighted by Gasteiger charge is 2.32. The molecule has 2 amide bonds. The van der Waals surface area contributed by atoms with E-state index in [0.29, 0.717) is 36.3 Å². The molecule has 2 aromatic heterocycles. The number of rotatable bonds is 3. The van der Waals surface area contributed by atoms with E-state index >= 15 is 0 Å². The lowest BCUT2D eigenvalue weighted by molar-refractivity contribution is 0.0372. The average Bonchev–Trinajstić information content (AvgIpc) is 2.88. The first-order chi connectivity index (χ1) is 15.7. The van der Waals surface area contributed by atoms with E-state index in [9.17, 15) is 9.59 Å². The van der Waals surface area contributed by atoms with E-state index in [-0.39, 0.29) is 11.8 Å². The van der Waals surface area contributed by atoms with Crippen molar-refractivity contribution in [1.82, 2.24) is 24.7 Å². The molecule has 5 heterocycles. The van der Waals surface area contributed by atoms with Gasteiger partial charge in [-0.2, -0.15) is 0 Å². The second kappa shape index (κ2) is 9.36. The summed E-state index contributed by atoms with van der Waals surface area (Å²) in [6.45, 7) is 5.21. The number of amides is 2. The van der Waals surface area contributed by atoms with Gasteiger partial charge in [0.1, 0.15) is 5.69 Å². The summed E-state index contributed by atoms with van der Waals surface area (Å²) in [7, 11) is 0. The van der Waals surface area contributed by atoms with Gasteiger partial charge in [0.05, 0.1) is 5.56 Å². The average molecular weight is 434 g/mol. The van der Waals surface area contributed by atoms with Crippen LogP contribution in [0.25, 0.3) is 0 Å². The van der Waals surface area contributed by atoms with Gasteiger partial charge in [-0.25, -0.2) is 0 Å². The van der Waals surface area contributed by atoms with Crippen molar-refractivity contribution in [2.45, 2.75) is 44.1 Å². The molecular weight excluding hydrogens is 402 g/mol. The molecule has 3 saturated heterocycles. The third kappa shape index (κ3) is 4.39. The Labute approximate surface area is 189 Å². The number of aromatic nitrogens is 2. The molecule has 5 rings (SSSR count). The van der Waals surface area contributed by atoms with E-state index in [4.69, 9.17) is 0 Å². The molecule has 2 aromatic rings. The number of carbonyl (C=O) groups excluding carboxylic acids is 2. The predicted octanol–water partition coefficient (Wildman–Crippen LogP) is 2.81. The van der Waals surface area contributed by atoms with Crippen LogP contribution in [0, 0.1) is 0 Å². The van der Waals surface area contributed by atoms with Crippen LogP contribution in [0.15, 0.2) is 42.7 Å². The van der Waals surface area contributed by atoms with Crippen molar-refractivity contribution in [2.75, 3.05) is 39.3 Å². The minimum Gasteiger partial charge on any atom is -0.337 e. The normalized spacial score (nSPS) is 22.4. The maximum atomic E-state index is 13.0. The molecule has 3 aliphatic heterocycles. The number of fused-ring (bicyclic) bond motifs is 1. The summed E-state index contributed by atoms with van der Waals surface area (Å²) in [4.78, 5) is 40.9. The van der Waals surface area contributed by atoms with Gasteiger partial charge in [0.25, 0.3) is 11.8 Å². The van der Waals surface area contributed by atoms with Crippen LogP contribution in [-0.4, -0.2) is 81.8 Å². The topological polar surface area (TPSA) is 69.6 Å². The number of pyridine rings is 2. The maximum absolute atomic E-state index is 13.0. The van der Waals surface area contributed by atoms with Crippen LogP contribution in [0.4, 0.5) is 0 Å². The first-order valence-corrected chi connectivity index (χ1v) is 11.9. The van der Waals surface area contributed by atoms with Gasteiger partial charge in [-0.1, -0.05) is 12.5 Å². The maximum Gasteiger partial charge on any atom is 0.272 e. The summed E-state index contributed by atoms with van der Waals surface area (Å²) in [5.41, 5.74) is 2.20. The Morgan fingerprint density at radius 3 is 2.44 bits per heavy atom. The minimum absolute atomic E-state index is 0.00369. The molecule has 0 unspecified atom stereocenters. The van der Waals surface area contributed by atoms with Crippen LogP contribution < -0.4 is 0 Å². The number of nitrogens with zero attached hydrogens (tertiary/aromatic N) is 5. The van der Waals surface area contributed by atoms with Crippen molar-refractivity contribution < 1.29 is 9.59 Å². The van der Waals surface area contributed by atoms with Crippen molar-refractivity contribution in [3.63, 3.8) is 0 Å². The van der Waals surface area contributed by atoms with Crippen molar-refractivity contribution in [3.8, 4) is 0 Å². The first kappa shape index (κ1) is 21.1. The van der Waals surface area contributed by atoms with E-state index < -0.39 is 0 Å². The van der Waals surface area contributed by atoms with Crippen LogP contribution >= 0.6 is 0 Å². The summed E-state index contributed by atoms with van der Waals surface area (Å²) < 4.78 is 0. The smallest absolute Gasteiger partial charge is 0.272 e. The van der Waals surface area contributed by atoms with Gasteiger partial charge < -0.3 is 9.80 Å². The second-order valence-corrected chi connectivity index (χ2v) is 9.19. The molecule has 0 aromatic carbocycles. The molecule has 7 heteroatoms. The van der Waals surface area contributed by atoms with E-state index in [1.807, 2.05) is 34.1 Å². The van der Waals surface area contributed by atoms with E-state index in [0.717, 1.165) is 38.2 Å². The number of carbonyl (C=O) groups is 2. The third-order valence-electron chi connectivity index (χ3n) is 7.24. The Kier molecular flexibility index (Phi) is 6.17. The summed E-state index contributed by atoms with van der Waals surface area (Å²) >= 11 is 0. The molecular formula is C25H31N5O2. The molecule has 0 spiro atoms. The van der Waals surface area contributed by atoms with Gasteiger partial charge in [0.2, 0.25) is 0 Å². The Morgan fingerprint density at radius 2 is 1.69 bits per heavy atom. The van der Waals surface area contributed by atoms with Crippen LogP contribution in [0.3, 0.4) is 0 Å². The number of hydrogen-bond acceptors (Lipinski definition) is 5. The first-order valence-electron chi connectivity index (χ1n) is 11.9. The summed E-state index contributed by atoms with van der Waals surface area (Å²) in [6, 6.07) is 9.88. The third-order valence-corrected chi connectivity index (χ3v) is 7.24. The Balaban J connectivity index is 1.16. The predicted molar refractivity (Wildman–Crippen MR) is 121 cm³/mol. The molecule has 0 radical (unpaired) electrons. The van der Waals surface area contributed by atoms with Gasteiger partial charge in [0, 0.05) is 62.8 Å². The molecule has 3 fully saturated rings. The zero-order valence-corrected chi connectivity index (χ0v) is 18.5. The number of piperazine rings is 1. The summed E-state index contributed by atoms with van der Waals surface area (Å²) in [6.07, 6.45) is 8.91. The molecule has 168 valence electrons. The van der Waals surface area contributed by atoms with Gasteiger partial charge >= 0.3 is 0 Å². The molecule has 0 N–H and O–H groups in total. The lowest BCUT2D eigenvalue weighted by Crippen LogP contribution is -2.56. The molecule has 0 bridgehead atoms. The largest absolute Gasteiger partial charge is 0.337 e. The highest BCUT2D eigenvalue weighted by atomic mass is 16.2. The zero-order chi connectivity index (χ0) is 21.9. The molecule has 0 aliphatic carbocycles. The van der Waals surface area contributed by atoms with E-state index in [1.54, 1.807) is 18.5 Å². The zero-order valence-electron chi connectivity index (χ0n) is 18.5. The molecule has 3 aliphatic rings. The fourth-order valence-corrected chi connectivity index (χ4v) is 5.33. The van der Waals surface area contributed by atoms with Crippen LogP contribution in [0.1, 0.15) is 64.6 Å². The highest BCUT2D eigenvalue weighted by molar-refractivity contribution is 5.94. The summed E-state index contributed by atoms with van der Waals surface area (Å²) in [5.74, 6) is 0.416. The summed E-state index contributed by atoms with van der Waals surface area (Å²) in [5, 5.41) is 0. The van der Waals surface area contributed by atoms with Crippen molar-refractivity contribution in [1.29, 1.82) is 0 Å². The number of piperidine rings is 2. The van der Waals surface area contributed by atoms with E-state index in [1.165, 1.54) is 25.8 Å². The van der Waals surface area contributed by atoms with Crippen molar-refractivity contribution in [3.05, 3.63) is 59.7 Å². The second-order valence-electron chi connectivity index (χ2n) is 9.19. The molecule has 1 atom stereocenters. The van der Waals surface area contributed by atoms with Gasteiger partial charge in [-0.3, -0.25) is 24.5 Å². The Bertz CT molecular complexity index is 941. The van der Waals surface area contributed by atoms with Crippen LogP contribution in [-0.2, 0) is 0 Å². The Hall–Kier alpha value is -2.80. The monoisotopic (exact) mass is 433 g/mol. The van der Waals surface area contributed by atoms with E-state index in [2.05, 4.69) is 14.9 Å². The lowest BCUT2D eigenvalue weighted by atomic mass is 9.92. The van der Waals surface area contributed by atoms with Crippen LogP contribution in [0.5, 0.6) is 0 Å². The number of likely N-dealkylation sites (tertiary alicyclic amines) is 1. The molecule has 32 heavy (non-hydrogen) atoms. The van der Waals surface area contributed by atoms with Crippen molar-refractivity contribution >= 4 is 11.8 Å². The standard InChI is InChI=1S/C25H31N5O2/c31-24(30-16-15-28-12-4-2-5-21(28)18-30)20-7-8-22(27-17-20)19-9-13-29(14-10-19)25(32)23-6-1-3-11-26-23/h1,3,6-8,11,17,19,21H,2,4-5,9-10,12-16,18H2/t21-/m0/s1. The SMILES string of the molecule is O=C(c1ccc(C2CCN(C(=O)c3ccccn3)CC2)nc1)N1CCN2CCCC[C@H]2C1. The van der Waals surface area contributed by atoms with Crippen LogP contribution in [0.2, 0.25) is 0 Å². The lowest BCUT2D eigenvalue weighted by Gasteiger charge is -2.44. The van der Waals surface area contributed by atoms with Gasteiger partial charge in [0.15, 0.2) is 0 Å². The molecule has 7 nitrogen and oxygen atoms in total. The van der Waals surface area contributed by atoms with Gasteiger partial charge in [-0.05, 0) is 56.5 Å². The van der Waals surface area contributed by atoms with Gasteiger partial charge in [-0.15, -0.1) is 0 Å². The quantitative estimate of drug-likeness (QED) is 0.745. The fraction of sp³-hybridized carbons (Fsp3) is 0.520. The van der Waals surface area contributed by atoms with Crippen molar-refractivity contribution in [2.24, 2.45) is 0 Å². The molecule has 0 saturated carbocycles. The minimum atomic E-state index is -0.00369. The number of hydrogen-bond donors (Lipinski definition) is 0. The fourth-order valence-electron chi connectivity index (χ4n) is 5.33.